The highest BCUT2D eigenvalue weighted by Crippen LogP contribution is 2.38. The van der Waals surface area contributed by atoms with Crippen molar-refractivity contribution in [2.45, 2.75) is 70.4 Å². The van der Waals surface area contributed by atoms with Crippen molar-refractivity contribution in [1.82, 2.24) is 24.8 Å². The molecule has 2 aromatic heterocycles. The molecule has 2 aliphatic rings. The number of benzene rings is 1. The molecule has 1 aliphatic carbocycles. The number of hydrogen-bond acceptors (Lipinski definition) is 5. The number of carbonyl (C=O) groups excluding carboxylic acids is 2. The second kappa shape index (κ2) is 11.2. The molecule has 1 aliphatic heterocycles. The number of carbonyl (C=O) groups is 2. The van der Waals surface area contributed by atoms with E-state index < -0.39 is 11.9 Å². The van der Waals surface area contributed by atoms with Crippen LogP contribution in [0.15, 0.2) is 36.8 Å². The summed E-state index contributed by atoms with van der Waals surface area (Å²) >= 11 is 0. The zero-order chi connectivity index (χ0) is 26.8. The Balaban J connectivity index is 1.44. The van der Waals surface area contributed by atoms with Crippen LogP contribution in [0.2, 0.25) is 0 Å². The molecule has 2 amide bonds. The fourth-order valence-electron chi connectivity index (χ4n) is 6.44. The highest BCUT2D eigenvalue weighted by atomic mass is 19.1. The Bertz CT molecular complexity index is 1320. The number of fused-ring (bicyclic) bond motifs is 1. The minimum Gasteiger partial charge on any atom is -0.368 e. The second-order valence-corrected chi connectivity index (χ2v) is 10.8. The summed E-state index contributed by atoms with van der Waals surface area (Å²) in [4.78, 5) is 37.3. The van der Waals surface area contributed by atoms with Crippen molar-refractivity contribution in [2.24, 2.45) is 17.6 Å². The average molecular weight is 521 g/mol. The first-order valence-electron chi connectivity index (χ1n) is 13.7. The van der Waals surface area contributed by atoms with Crippen LogP contribution in [-0.4, -0.2) is 50.9 Å². The summed E-state index contributed by atoms with van der Waals surface area (Å²) < 4.78 is 15.8. The first-order valence-corrected chi connectivity index (χ1v) is 13.7. The Kier molecular flexibility index (Phi) is 7.74. The molecule has 1 saturated heterocycles. The molecule has 0 spiro atoms. The molecule has 1 saturated carbocycles. The van der Waals surface area contributed by atoms with Gasteiger partial charge in [0.15, 0.2) is 0 Å². The summed E-state index contributed by atoms with van der Waals surface area (Å²) in [6, 6.07) is 6.00. The first kappa shape index (κ1) is 26.3. The van der Waals surface area contributed by atoms with Crippen LogP contribution >= 0.6 is 0 Å². The standard InChI is InChI=1S/C29H37FN6O2/c1-18-16-36(25-11-10-20(30)13-21(18)25)27-15-23(33-17-34-27)26-9-6-12-35(26)29(38)22(14-24(32-2)28(31)37)19-7-4-3-5-8-19/h10-11,13,15-17,19,22,24,26,32H,3-9,12,14H2,1-2H3,(H2,31,37). The molecule has 1 aromatic carbocycles. The summed E-state index contributed by atoms with van der Waals surface area (Å²) in [5.41, 5.74) is 8.28. The largest absolute Gasteiger partial charge is 0.368 e. The summed E-state index contributed by atoms with van der Waals surface area (Å²) in [5.74, 6) is 0.0850. The van der Waals surface area contributed by atoms with Gasteiger partial charge >= 0.3 is 0 Å². The Labute approximate surface area is 222 Å². The Morgan fingerprint density at radius 3 is 2.66 bits per heavy atom. The Hall–Kier alpha value is -3.33. The van der Waals surface area contributed by atoms with Crippen molar-refractivity contribution in [1.29, 1.82) is 0 Å². The van der Waals surface area contributed by atoms with Crippen LogP contribution in [0.5, 0.6) is 0 Å². The average Bonchev–Trinajstić information content (AvgIpc) is 3.54. The van der Waals surface area contributed by atoms with E-state index >= 15 is 0 Å². The lowest BCUT2D eigenvalue weighted by Crippen LogP contribution is -2.46. The number of amides is 2. The van der Waals surface area contributed by atoms with E-state index in [2.05, 4.69) is 15.3 Å². The van der Waals surface area contributed by atoms with Crippen LogP contribution in [0.25, 0.3) is 16.7 Å². The molecule has 2 fully saturated rings. The zero-order valence-electron chi connectivity index (χ0n) is 22.2. The lowest BCUT2D eigenvalue weighted by molar-refractivity contribution is -0.139. The minimum atomic E-state index is -0.535. The molecule has 8 nitrogen and oxygen atoms in total. The number of primary amides is 1. The second-order valence-electron chi connectivity index (χ2n) is 10.8. The van der Waals surface area contributed by atoms with E-state index in [0.29, 0.717) is 18.8 Å². The number of rotatable bonds is 8. The van der Waals surface area contributed by atoms with Crippen molar-refractivity contribution in [3.05, 3.63) is 53.9 Å². The number of nitrogens with zero attached hydrogens (tertiary/aromatic N) is 4. The van der Waals surface area contributed by atoms with E-state index in [1.165, 1.54) is 18.6 Å². The fraction of sp³-hybridized carbons (Fsp3) is 0.517. The van der Waals surface area contributed by atoms with Gasteiger partial charge in [0.05, 0.1) is 23.3 Å². The van der Waals surface area contributed by atoms with Gasteiger partial charge in [-0.3, -0.25) is 9.59 Å². The molecule has 5 rings (SSSR count). The van der Waals surface area contributed by atoms with E-state index in [9.17, 15) is 14.0 Å². The van der Waals surface area contributed by atoms with Crippen molar-refractivity contribution in [3.8, 4) is 5.82 Å². The van der Waals surface area contributed by atoms with Crippen LogP contribution in [0, 0.1) is 24.6 Å². The van der Waals surface area contributed by atoms with Gasteiger partial charge in [0.1, 0.15) is 18.0 Å². The summed E-state index contributed by atoms with van der Waals surface area (Å²) in [6.45, 7) is 2.62. The Morgan fingerprint density at radius 2 is 1.92 bits per heavy atom. The molecule has 38 heavy (non-hydrogen) atoms. The molecule has 3 unspecified atom stereocenters. The van der Waals surface area contributed by atoms with Crippen LogP contribution < -0.4 is 11.1 Å². The third-order valence-corrected chi connectivity index (χ3v) is 8.48. The van der Waals surface area contributed by atoms with Gasteiger partial charge in [-0.1, -0.05) is 19.3 Å². The number of hydrogen-bond donors (Lipinski definition) is 2. The molecule has 0 radical (unpaired) electrons. The highest BCUT2D eigenvalue weighted by Gasteiger charge is 2.40. The van der Waals surface area contributed by atoms with Gasteiger partial charge in [-0.25, -0.2) is 14.4 Å². The van der Waals surface area contributed by atoms with E-state index in [4.69, 9.17) is 5.73 Å². The van der Waals surface area contributed by atoms with Crippen LogP contribution in [0.4, 0.5) is 4.39 Å². The molecule has 3 N–H and O–H groups in total. The van der Waals surface area contributed by atoms with Gasteiger partial charge < -0.3 is 20.5 Å². The van der Waals surface area contributed by atoms with E-state index in [-0.39, 0.29) is 29.6 Å². The maximum atomic E-state index is 14.1. The smallest absolute Gasteiger partial charge is 0.234 e. The predicted octanol–water partition coefficient (Wildman–Crippen LogP) is 4.19. The Morgan fingerprint density at radius 1 is 1.13 bits per heavy atom. The number of likely N-dealkylation sites (tertiary alicyclic amines) is 1. The maximum Gasteiger partial charge on any atom is 0.234 e. The van der Waals surface area contributed by atoms with E-state index in [1.807, 2.05) is 28.7 Å². The monoisotopic (exact) mass is 520 g/mol. The summed E-state index contributed by atoms with van der Waals surface area (Å²) in [6.07, 6.45) is 11.0. The van der Waals surface area contributed by atoms with Gasteiger partial charge in [-0.2, -0.15) is 0 Å². The van der Waals surface area contributed by atoms with Crippen molar-refractivity contribution < 1.29 is 14.0 Å². The molecular weight excluding hydrogens is 483 g/mol. The number of halogens is 1. The highest BCUT2D eigenvalue weighted by molar-refractivity contribution is 5.85. The van der Waals surface area contributed by atoms with E-state index in [1.54, 1.807) is 19.4 Å². The van der Waals surface area contributed by atoms with Crippen molar-refractivity contribution in [2.75, 3.05) is 13.6 Å². The lowest BCUT2D eigenvalue weighted by atomic mass is 9.76. The van der Waals surface area contributed by atoms with Crippen LogP contribution in [0.1, 0.15) is 68.7 Å². The third kappa shape index (κ3) is 5.16. The molecule has 202 valence electrons. The number of nitrogens with one attached hydrogen (secondary N) is 1. The van der Waals surface area contributed by atoms with Gasteiger partial charge in [0.2, 0.25) is 11.8 Å². The van der Waals surface area contributed by atoms with Gasteiger partial charge in [-0.15, -0.1) is 0 Å². The third-order valence-electron chi connectivity index (χ3n) is 8.48. The number of likely N-dealkylation sites (N-methyl/N-ethyl adjacent to an activating group) is 1. The fourth-order valence-corrected chi connectivity index (χ4v) is 6.44. The molecule has 0 bridgehead atoms. The van der Waals surface area contributed by atoms with Gasteiger partial charge in [0, 0.05) is 30.1 Å². The zero-order valence-corrected chi connectivity index (χ0v) is 22.2. The van der Waals surface area contributed by atoms with Crippen LogP contribution in [0.3, 0.4) is 0 Å². The quantitative estimate of drug-likeness (QED) is 0.463. The SMILES string of the molecule is CNC(CC(C(=O)N1CCCC1c1cc(-n2cc(C)c3cc(F)ccc32)ncn1)C1CCCCC1)C(N)=O. The first-order chi connectivity index (χ1) is 18.4. The van der Waals surface area contributed by atoms with Crippen molar-refractivity contribution in [3.63, 3.8) is 0 Å². The number of aromatic nitrogens is 3. The molecule has 3 atom stereocenters. The van der Waals surface area contributed by atoms with Crippen molar-refractivity contribution >= 4 is 22.7 Å². The minimum absolute atomic E-state index is 0.0961. The summed E-state index contributed by atoms with van der Waals surface area (Å²) in [7, 11) is 1.72. The van der Waals surface area contributed by atoms with Gasteiger partial charge in [-0.05, 0) is 75.8 Å². The molecule has 3 aromatic rings. The molecule has 3 heterocycles. The number of aryl methyl sites for hydroxylation is 1. The summed E-state index contributed by atoms with van der Waals surface area (Å²) in [5, 5.41) is 3.85. The number of nitrogens with two attached hydrogens (primary N) is 1. The topological polar surface area (TPSA) is 106 Å². The van der Waals surface area contributed by atoms with Crippen LogP contribution in [-0.2, 0) is 9.59 Å². The van der Waals surface area contributed by atoms with E-state index in [0.717, 1.165) is 60.7 Å². The molecular formula is C29H37FN6O2. The maximum absolute atomic E-state index is 14.1. The normalized spacial score (nSPS) is 20.1. The predicted molar refractivity (Wildman–Crippen MR) is 144 cm³/mol. The van der Waals surface area contributed by atoms with Gasteiger partial charge in [0.25, 0.3) is 0 Å². The lowest BCUT2D eigenvalue weighted by Gasteiger charge is -2.35. The molecule has 9 heteroatoms.